The Morgan fingerprint density at radius 1 is 1.10 bits per heavy atom. The van der Waals surface area contributed by atoms with E-state index in [1.54, 1.807) is 30.3 Å². The van der Waals surface area contributed by atoms with Crippen LogP contribution in [0.15, 0.2) is 41.2 Å². The summed E-state index contributed by atoms with van der Waals surface area (Å²) >= 11 is 0. The number of imidazole rings is 1. The fraction of sp³-hybridized carbons (Fsp3) is 0.250. The SMILES string of the molecule is NC(=O)COc1cccc(C(=O)Nc2cc3[nH]c(=O)[nH]c3cc2N2CCCC2)c1. The standard InChI is InChI=1S/C20H21N5O4/c21-18(26)11-29-13-5-3-4-12(8-13)19(27)22-16-9-14-15(24-20(28)23-14)10-17(16)25-6-1-2-7-25/h3-5,8-10H,1-2,6-7,11H2,(H2,21,26)(H,22,27)(H2,23,24,28). The minimum Gasteiger partial charge on any atom is -0.484 e. The van der Waals surface area contributed by atoms with Gasteiger partial charge in [0.05, 0.1) is 22.4 Å². The summed E-state index contributed by atoms with van der Waals surface area (Å²) in [4.78, 5) is 43.1. The van der Waals surface area contributed by atoms with Crippen LogP contribution in [0.3, 0.4) is 0 Å². The van der Waals surface area contributed by atoms with Gasteiger partial charge < -0.3 is 30.7 Å². The lowest BCUT2D eigenvalue weighted by atomic mass is 10.1. The predicted octanol–water partition coefficient (Wildman–Crippen LogP) is 1.57. The van der Waals surface area contributed by atoms with Gasteiger partial charge in [-0.2, -0.15) is 0 Å². The number of nitrogens with one attached hydrogen (secondary N) is 3. The number of aromatic amines is 2. The highest BCUT2D eigenvalue weighted by Gasteiger charge is 2.19. The van der Waals surface area contributed by atoms with Crippen LogP contribution in [-0.2, 0) is 4.79 Å². The van der Waals surface area contributed by atoms with Crippen LogP contribution >= 0.6 is 0 Å². The van der Waals surface area contributed by atoms with Gasteiger partial charge in [0.2, 0.25) is 0 Å². The van der Waals surface area contributed by atoms with E-state index in [4.69, 9.17) is 10.5 Å². The number of fused-ring (bicyclic) bond motifs is 1. The van der Waals surface area contributed by atoms with Gasteiger partial charge in [0.1, 0.15) is 5.75 Å². The van der Waals surface area contributed by atoms with Crippen molar-refractivity contribution in [1.82, 2.24) is 9.97 Å². The molecule has 4 rings (SSSR count). The molecule has 0 spiro atoms. The van der Waals surface area contributed by atoms with Crippen LogP contribution in [0, 0.1) is 0 Å². The zero-order valence-electron chi connectivity index (χ0n) is 15.7. The molecule has 0 unspecified atom stereocenters. The van der Waals surface area contributed by atoms with Crippen molar-refractivity contribution in [3.63, 3.8) is 0 Å². The highest BCUT2D eigenvalue weighted by molar-refractivity contribution is 6.07. The lowest BCUT2D eigenvalue weighted by Gasteiger charge is -2.22. The molecule has 1 saturated heterocycles. The molecule has 150 valence electrons. The van der Waals surface area contributed by atoms with Crippen molar-refractivity contribution < 1.29 is 14.3 Å². The van der Waals surface area contributed by atoms with Crippen molar-refractivity contribution in [3.05, 3.63) is 52.4 Å². The van der Waals surface area contributed by atoms with Gasteiger partial charge in [-0.3, -0.25) is 9.59 Å². The van der Waals surface area contributed by atoms with Gasteiger partial charge in [0.25, 0.3) is 11.8 Å². The molecule has 29 heavy (non-hydrogen) atoms. The Kier molecular flexibility index (Phi) is 4.94. The highest BCUT2D eigenvalue weighted by atomic mass is 16.5. The Hall–Kier alpha value is -3.75. The monoisotopic (exact) mass is 395 g/mol. The number of carbonyl (C=O) groups is 2. The second-order valence-corrected chi connectivity index (χ2v) is 6.93. The molecule has 0 bridgehead atoms. The van der Waals surface area contributed by atoms with E-state index in [9.17, 15) is 14.4 Å². The molecule has 1 aromatic heterocycles. The summed E-state index contributed by atoms with van der Waals surface area (Å²) in [7, 11) is 0. The van der Waals surface area contributed by atoms with Gasteiger partial charge >= 0.3 is 5.69 Å². The molecule has 2 amide bonds. The number of amides is 2. The summed E-state index contributed by atoms with van der Waals surface area (Å²) in [6, 6.07) is 10.1. The van der Waals surface area contributed by atoms with Gasteiger partial charge in [0.15, 0.2) is 6.61 Å². The van der Waals surface area contributed by atoms with Crippen LogP contribution in [0.4, 0.5) is 11.4 Å². The Morgan fingerprint density at radius 2 is 1.83 bits per heavy atom. The van der Waals surface area contributed by atoms with Crippen molar-refractivity contribution in [3.8, 4) is 5.75 Å². The molecule has 2 aromatic carbocycles. The smallest absolute Gasteiger partial charge is 0.323 e. The van der Waals surface area contributed by atoms with Crippen molar-refractivity contribution in [1.29, 1.82) is 0 Å². The van der Waals surface area contributed by atoms with E-state index in [1.807, 2.05) is 6.07 Å². The molecule has 9 heteroatoms. The zero-order valence-corrected chi connectivity index (χ0v) is 15.7. The Labute approximate surface area is 165 Å². The van der Waals surface area contributed by atoms with Crippen LogP contribution in [0.25, 0.3) is 11.0 Å². The van der Waals surface area contributed by atoms with Crippen LogP contribution in [0.5, 0.6) is 5.75 Å². The first-order valence-corrected chi connectivity index (χ1v) is 9.33. The summed E-state index contributed by atoms with van der Waals surface area (Å²) in [5.41, 5.74) is 7.95. The number of anilines is 2. The number of rotatable bonds is 6. The number of nitrogens with zero attached hydrogens (tertiary/aromatic N) is 1. The van der Waals surface area contributed by atoms with Gasteiger partial charge in [0, 0.05) is 18.7 Å². The molecule has 1 aliphatic rings. The van der Waals surface area contributed by atoms with E-state index in [2.05, 4.69) is 20.2 Å². The lowest BCUT2D eigenvalue weighted by Crippen LogP contribution is -2.21. The number of hydrogen-bond donors (Lipinski definition) is 4. The number of carbonyl (C=O) groups excluding carboxylic acids is 2. The molecule has 0 aliphatic carbocycles. The van der Waals surface area contributed by atoms with Gasteiger partial charge in [-0.15, -0.1) is 0 Å². The maximum absolute atomic E-state index is 12.9. The Balaban J connectivity index is 1.63. The van der Waals surface area contributed by atoms with Crippen molar-refractivity contribution >= 4 is 34.2 Å². The van der Waals surface area contributed by atoms with E-state index in [1.165, 1.54) is 0 Å². The number of benzene rings is 2. The molecule has 2 heterocycles. The van der Waals surface area contributed by atoms with E-state index in [-0.39, 0.29) is 18.2 Å². The van der Waals surface area contributed by atoms with Gasteiger partial charge in [-0.05, 0) is 43.2 Å². The van der Waals surface area contributed by atoms with Crippen molar-refractivity contribution in [2.45, 2.75) is 12.8 Å². The van der Waals surface area contributed by atoms with Gasteiger partial charge in [-0.1, -0.05) is 6.07 Å². The zero-order chi connectivity index (χ0) is 20.4. The number of aromatic nitrogens is 2. The average molecular weight is 395 g/mol. The van der Waals surface area contributed by atoms with E-state index < -0.39 is 5.91 Å². The van der Waals surface area contributed by atoms with Crippen LogP contribution in [0.2, 0.25) is 0 Å². The summed E-state index contributed by atoms with van der Waals surface area (Å²) in [5.74, 6) is -0.544. The summed E-state index contributed by atoms with van der Waals surface area (Å²) in [5, 5.41) is 2.93. The van der Waals surface area contributed by atoms with Crippen molar-refractivity contribution in [2.75, 3.05) is 29.9 Å². The third-order valence-corrected chi connectivity index (χ3v) is 4.80. The number of H-pyrrole nitrogens is 2. The van der Waals surface area contributed by atoms with E-state index >= 15 is 0 Å². The lowest BCUT2D eigenvalue weighted by molar-refractivity contribution is -0.119. The van der Waals surface area contributed by atoms with E-state index in [0.717, 1.165) is 31.6 Å². The van der Waals surface area contributed by atoms with Crippen LogP contribution in [-0.4, -0.2) is 41.5 Å². The summed E-state index contributed by atoms with van der Waals surface area (Å²) < 4.78 is 5.27. The summed E-state index contributed by atoms with van der Waals surface area (Å²) in [6.07, 6.45) is 2.16. The largest absolute Gasteiger partial charge is 0.484 e. The van der Waals surface area contributed by atoms with Crippen LogP contribution in [0.1, 0.15) is 23.2 Å². The number of nitrogens with two attached hydrogens (primary N) is 1. The molecular weight excluding hydrogens is 374 g/mol. The highest BCUT2D eigenvalue weighted by Crippen LogP contribution is 2.32. The first kappa shape index (κ1) is 18.6. The molecule has 0 atom stereocenters. The van der Waals surface area contributed by atoms with E-state index in [0.29, 0.717) is 28.0 Å². The first-order chi connectivity index (χ1) is 14.0. The molecule has 5 N–H and O–H groups in total. The molecule has 0 saturated carbocycles. The molecule has 1 aliphatic heterocycles. The third kappa shape index (κ3) is 4.08. The van der Waals surface area contributed by atoms with Gasteiger partial charge in [-0.25, -0.2) is 4.79 Å². The fourth-order valence-corrected chi connectivity index (χ4v) is 3.47. The molecule has 0 radical (unpaired) electrons. The maximum atomic E-state index is 12.9. The fourth-order valence-electron chi connectivity index (χ4n) is 3.47. The molecular formula is C20H21N5O4. The van der Waals surface area contributed by atoms with Crippen LogP contribution < -0.4 is 26.4 Å². The normalized spacial score (nSPS) is 13.6. The molecule has 3 aromatic rings. The quantitative estimate of drug-likeness (QED) is 0.503. The molecule has 9 nitrogen and oxygen atoms in total. The Bertz CT molecular complexity index is 1130. The molecule has 1 fully saturated rings. The van der Waals surface area contributed by atoms with Crippen molar-refractivity contribution in [2.24, 2.45) is 5.73 Å². The number of hydrogen-bond acceptors (Lipinski definition) is 5. The second kappa shape index (κ2) is 7.70. The Morgan fingerprint density at radius 3 is 2.55 bits per heavy atom. The number of ether oxygens (including phenoxy) is 1. The maximum Gasteiger partial charge on any atom is 0.323 e. The minimum atomic E-state index is -0.594. The number of primary amides is 1. The minimum absolute atomic E-state index is 0.262. The summed E-state index contributed by atoms with van der Waals surface area (Å²) in [6.45, 7) is 1.51. The predicted molar refractivity (Wildman–Crippen MR) is 109 cm³/mol. The topological polar surface area (TPSA) is 133 Å². The second-order valence-electron chi connectivity index (χ2n) is 6.93. The first-order valence-electron chi connectivity index (χ1n) is 9.33. The third-order valence-electron chi connectivity index (χ3n) is 4.80. The average Bonchev–Trinajstić information content (AvgIpc) is 3.34.